The highest BCUT2D eigenvalue weighted by Gasteiger charge is 2.52. The van der Waals surface area contributed by atoms with Gasteiger partial charge < -0.3 is 69.6 Å². The molecule has 15 unspecified atom stereocenters. The van der Waals surface area contributed by atoms with E-state index in [1.165, 1.54) is 13.8 Å². The van der Waals surface area contributed by atoms with Crippen LogP contribution in [-0.2, 0) is 23.7 Å². The number of hydrogen-bond acceptors (Lipinski definition) is 14. The van der Waals surface area contributed by atoms with E-state index in [0.29, 0.717) is 0 Å². The first-order chi connectivity index (χ1) is 15.0. The lowest BCUT2D eigenvalue weighted by molar-refractivity contribution is -0.378. The van der Waals surface area contributed by atoms with Crippen LogP contribution in [0.15, 0.2) is 0 Å². The maximum atomic E-state index is 10.7. The lowest BCUT2D eigenvalue weighted by Gasteiger charge is -2.47. The fourth-order valence-electron chi connectivity index (χ4n) is 3.93. The van der Waals surface area contributed by atoms with Crippen molar-refractivity contribution >= 4 is 0 Å². The van der Waals surface area contributed by atoms with Crippen LogP contribution in [0.3, 0.4) is 0 Å². The van der Waals surface area contributed by atoms with Crippen molar-refractivity contribution in [3.63, 3.8) is 0 Å². The summed E-state index contributed by atoms with van der Waals surface area (Å²) in [5, 5.41) is 90.7. The van der Waals surface area contributed by atoms with Crippen molar-refractivity contribution in [2.45, 2.75) is 106 Å². The largest absolute Gasteiger partial charge is 0.394 e. The molecular formula is C18H32O14. The van der Waals surface area contributed by atoms with E-state index in [1.54, 1.807) is 0 Å². The minimum absolute atomic E-state index is 0.704. The number of ether oxygens (including phenoxy) is 5. The second-order valence-corrected chi connectivity index (χ2v) is 8.30. The third-order valence-electron chi connectivity index (χ3n) is 6.02. The highest BCUT2D eigenvalue weighted by molar-refractivity contribution is 4.95. The Balaban J connectivity index is 1.73. The van der Waals surface area contributed by atoms with Crippen molar-refractivity contribution in [3.8, 4) is 0 Å². The third-order valence-corrected chi connectivity index (χ3v) is 6.02. The molecule has 0 saturated carbocycles. The molecule has 0 bridgehead atoms. The van der Waals surface area contributed by atoms with Crippen molar-refractivity contribution in [2.75, 3.05) is 6.61 Å². The van der Waals surface area contributed by atoms with Gasteiger partial charge in [-0.2, -0.15) is 0 Å². The van der Waals surface area contributed by atoms with Crippen LogP contribution in [-0.4, -0.2) is 145 Å². The second kappa shape index (κ2) is 10.4. The van der Waals surface area contributed by atoms with Crippen molar-refractivity contribution in [1.82, 2.24) is 0 Å². The summed E-state index contributed by atoms with van der Waals surface area (Å²) in [5.41, 5.74) is 0. The van der Waals surface area contributed by atoms with Crippen LogP contribution in [0.4, 0.5) is 0 Å². The van der Waals surface area contributed by atoms with Gasteiger partial charge in [0.2, 0.25) is 0 Å². The van der Waals surface area contributed by atoms with E-state index in [2.05, 4.69) is 0 Å². The maximum absolute atomic E-state index is 10.7. The van der Waals surface area contributed by atoms with E-state index in [-0.39, 0.29) is 0 Å². The lowest BCUT2D eigenvalue weighted by Crippen LogP contribution is -2.65. The molecule has 3 saturated heterocycles. The van der Waals surface area contributed by atoms with Gasteiger partial charge in [-0.15, -0.1) is 0 Å². The number of rotatable bonds is 5. The molecule has 14 nitrogen and oxygen atoms in total. The van der Waals surface area contributed by atoms with Gasteiger partial charge in [-0.25, -0.2) is 0 Å². The molecule has 14 heteroatoms. The fourth-order valence-corrected chi connectivity index (χ4v) is 3.93. The molecule has 0 spiro atoms. The summed E-state index contributed by atoms with van der Waals surface area (Å²) in [6.07, 6.45) is -22.5. The highest BCUT2D eigenvalue weighted by Crippen LogP contribution is 2.31. The molecule has 32 heavy (non-hydrogen) atoms. The molecule has 0 aromatic heterocycles. The van der Waals surface area contributed by atoms with Crippen LogP contribution in [0.1, 0.15) is 13.8 Å². The Morgan fingerprint density at radius 3 is 1.75 bits per heavy atom. The van der Waals surface area contributed by atoms with Crippen molar-refractivity contribution in [3.05, 3.63) is 0 Å². The zero-order valence-corrected chi connectivity index (χ0v) is 17.4. The summed E-state index contributed by atoms with van der Waals surface area (Å²) in [4.78, 5) is 0. The topological polar surface area (TPSA) is 228 Å². The van der Waals surface area contributed by atoms with Crippen LogP contribution in [0.25, 0.3) is 0 Å². The summed E-state index contributed by atoms with van der Waals surface area (Å²) in [6, 6.07) is 0. The van der Waals surface area contributed by atoms with Gasteiger partial charge in [0.05, 0.1) is 18.8 Å². The van der Waals surface area contributed by atoms with E-state index >= 15 is 0 Å². The first-order valence-corrected chi connectivity index (χ1v) is 10.3. The summed E-state index contributed by atoms with van der Waals surface area (Å²) >= 11 is 0. The second-order valence-electron chi connectivity index (χ2n) is 8.30. The minimum atomic E-state index is -1.78. The van der Waals surface area contributed by atoms with Gasteiger partial charge in [0, 0.05) is 0 Å². The van der Waals surface area contributed by atoms with Crippen molar-refractivity contribution in [1.29, 1.82) is 0 Å². The quantitative estimate of drug-likeness (QED) is 0.182. The van der Waals surface area contributed by atoms with Crippen LogP contribution in [0, 0.1) is 0 Å². The third kappa shape index (κ3) is 4.94. The molecule has 0 aliphatic carbocycles. The van der Waals surface area contributed by atoms with Crippen molar-refractivity contribution in [2.24, 2.45) is 0 Å². The van der Waals surface area contributed by atoms with E-state index in [0.717, 1.165) is 0 Å². The van der Waals surface area contributed by atoms with Gasteiger partial charge in [-0.05, 0) is 13.8 Å². The van der Waals surface area contributed by atoms with Gasteiger partial charge in [0.15, 0.2) is 18.9 Å². The number of aliphatic hydroxyl groups excluding tert-OH is 9. The van der Waals surface area contributed by atoms with Crippen LogP contribution >= 0.6 is 0 Å². The number of aliphatic hydroxyl groups is 9. The molecule has 15 atom stereocenters. The minimum Gasteiger partial charge on any atom is -0.394 e. The lowest BCUT2D eigenvalue weighted by atomic mass is 9.96. The molecule has 3 rings (SSSR count). The summed E-state index contributed by atoms with van der Waals surface area (Å²) in [6.45, 7) is 2.14. The number of hydrogen-bond donors (Lipinski definition) is 9. The SMILES string of the molecule is CC1OC(O)C(OC2OC(C)C(O)C(OC3OC(CO)C(O)C(O)C3O)C2O)C(O)C1O. The van der Waals surface area contributed by atoms with Gasteiger partial charge in [0.25, 0.3) is 0 Å². The molecule has 188 valence electrons. The normalized spacial score (nSPS) is 55.0. The van der Waals surface area contributed by atoms with Gasteiger partial charge >= 0.3 is 0 Å². The molecule has 0 aromatic rings. The molecule has 3 aliphatic heterocycles. The predicted octanol–water partition coefficient (Wildman–Crippen LogP) is -5.52. The smallest absolute Gasteiger partial charge is 0.187 e. The fraction of sp³-hybridized carbons (Fsp3) is 1.00. The molecule has 3 heterocycles. The van der Waals surface area contributed by atoms with Crippen LogP contribution < -0.4 is 0 Å². The predicted molar refractivity (Wildman–Crippen MR) is 98.4 cm³/mol. The van der Waals surface area contributed by atoms with E-state index in [1.807, 2.05) is 0 Å². The zero-order chi connectivity index (χ0) is 23.9. The average molecular weight is 472 g/mol. The van der Waals surface area contributed by atoms with E-state index in [4.69, 9.17) is 23.7 Å². The van der Waals surface area contributed by atoms with Gasteiger partial charge in [-0.1, -0.05) is 0 Å². The standard InChI is InChI=1S/C18H32O14/c1-4-7(20)11(24)15(16(27)28-4)32-18-13(26)14(8(21)5(2)29-18)31-17-12(25)10(23)9(22)6(3-19)30-17/h4-27H,3H2,1-2H3. The monoisotopic (exact) mass is 472 g/mol. The van der Waals surface area contributed by atoms with Gasteiger partial charge in [0.1, 0.15) is 61.0 Å². The molecule has 0 amide bonds. The summed E-state index contributed by atoms with van der Waals surface area (Å²) in [5.74, 6) is 0. The van der Waals surface area contributed by atoms with E-state index < -0.39 is 98.7 Å². The Labute approximate surface area is 183 Å². The summed E-state index contributed by atoms with van der Waals surface area (Å²) < 4.78 is 26.7. The molecule has 0 radical (unpaired) electrons. The first kappa shape index (κ1) is 26.1. The average Bonchev–Trinajstić information content (AvgIpc) is 2.75. The summed E-state index contributed by atoms with van der Waals surface area (Å²) in [7, 11) is 0. The molecule has 9 N–H and O–H groups in total. The Morgan fingerprint density at radius 1 is 0.562 bits per heavy atom. The Morgan fingerprint density at radius 2 is 1.12 bits per heavy atom. The molecule has 3 aliphatic rings. The molecular weight excluding hydrogens is 440 g/mol. The van der Waals surface area contributed by atoms with Gasteiger partial charge in [-0.3, -0.25) is 0 Å². The van der Waals surface area contributed by atoms with Crippen LogP contribution in [0.2, 0.25) is 0 Å². The Bertz CT molecular complexity index is 608. The first-order valence-electron chi connectivity index (χ1n) is 10.3. The van der Waals surface area contributed by atoms with E-state index in [9.17, 15) is 46.0 Å². The highest BCUT2D eigenvalue weighted by atomic mass is 16.7. The van der Waals surface area contributed by atoms with Crippen LogP contribution in [0.5, 0.6) is 0 Å². The van der Waals surface area contributed by atoms with Crippen molar-refractivity contribution < 1.29 is 69.6 Å². The Hall–Kier alpha value is -0.560. The molecule has 3 fully saturated rings. The zero-order valence-electron chi connectivity index (χ0n) is 17.4. The maximum Gasteiger partial charge on any atom is 0.187 e. The Kier molecular flexibility index (Phi) is 8.44. The molecule has 0 aromatic carbocycles.